The Balaban J connectivity index is 2.77. The Morgan fingerprint density at radius 3 is 2.86 bits per heavy atom. The van der Waals surface area contributed by atoms with Crippen molar-refractivity contribution in [1.82, 2.24) is 4.98 Å². The summed E-state index contributed by atoms with van der Waals surface area (Å²) in [6.45, 7) is 4.02. The minimum absolute atomic E-state index is 0.0694. The molecule has 0 radical (unpaired) electrons. The normalized spacial score (nSPS) is 14.8. The van der Waals surface area contributed by atoms with Crippen molar-refractivity contribution in [2.75, 3.05) is 17.7 Å². The summed E-state index contributed by atoms with van der Waals surface area (Å²) in [5.74, 6) is 0.698. The Labute approximate surface area is 84.2 Å². The van der Waals surface area contributed by atoms with Crippen LogP contribution in [0.25, 0.3) is 0 Å². The molecule has 1 aromatic heterocycles. The first-order valence-corrected chi connectivity index (χ1v) is 4.70. The lowest BCUT2D eigenvalue weighted by Gasteiger charge is -2.27. The summed E-state index contributed by atoms with van der Waals surface area (Å²) < 4.78 is 0. The van der Waals surface area contributed by atoms with E-state index in [2.05, 4.69) is 10.3 Å². The number of rotatable bonds is 4. The van der Waals surface area contributed by atoms with Crippen molar-refractivity contribution in [3.8, 4) is 0 Å². The van der Waals surface area contributed by atoms with Crippen LogP contribution in [-0.4, -0.2) is 22.2 Å². The van der Waals surface area contributed by atoms with E-state index >= 15 is 0 Å². The molecular formula is C10H17N3O. The van der Waals surface area contributed by atoms with E-state index in [1.807, 2.05) is 13.8 Å². The Bertz CT molecular complexity index is 297. The average Bonchev–Trinajstić information content (AvgIpc) is 2.18. The van der Waals surface area contributed by atoms with Crippen LogP contribution in [0.2, 0.25) is 0 Å². The number of nitrogens with two attached hydrogens (primary N) is 1. The van der Waals surface area contributed by atoms with Crippen molar-refractivity contribution < 1.29 is 5.11 Å². The molecule has 1 aromatic rings. The van der Waals surface area contributed by atoms with Gasteiger partial charge in [0, 0.05) is 18.0 Å². The van der Waals surface area contributed by atoms with Gasteiger partial charge in [-0.2, -0.15) is 0 Å². The van der Waals surface area contributed by atoms with Gasteiger partial charge in [-0.05, 0) is 19.4 Å². The maximum atomic E-state index is 9.19. The standard InChI is InChI=1S/C10H17N3O/c1-3-10(2,7-14)13-9-6-8(11)4-5-12-9/h4-6,14H,3,7H2,1-2H3,(H3,11,12,13). The molecule has 1 atom stereocenters. The van der Waals surface area contributed by atoms with E-state index in [4.69, 9.17) is 5.73 Å². The average molecular weight is 195 g/mol. The van der Waals surface area contributed by atoms with Crippen molar-refractivity contribution >= 4 is 11.5 Å². The van der Waals surface area contributed by atoms with E-state index in [1.54, 1.807) is 18.3 Å². The molecule has 1 unspecified atom stereocenters. The fraction of sp³-hybridized carbons (Fsp3) is 0.500. The Hall–Kier alpha value is -1.29. The topological polar surface area (TPSA) is 71.2 Å². The monoisotopic (exact) mass is 195 g/mol. The number of aromatic nitrogens is 1. The SMILES string of the molecule is CCC(C)(CO)Nc1cc(N)ccn1. The molecule has 4 nitrogen and oxygen atoms in total. The summed E-state index contributed by atoms with van der Waals surface area (Å²) in [4.78, 5) is 4.12. The third-order valence-electron chi connectivity index (χ3n) is 2.34. The zero-order valence-electron chi connectivity index (χ0n) is 8.62. The molecule has 0 aliphatic heterocycles. The molecule has 78 valence electrons. The number of nitrogen functional groups attached to an aromatic ring is 1. The largest absolute Gasteiger partial charge is 0.399 e. The first-order valence-electron chi connectivity index (χ1n) is 4.70. The Morgan fingerprint density at radius 1 is 1.64 bits per heavy atom. The van der Waals surface area contributed by atoms with Gasteiger partial charge in [0.15, 0.2) is 0 Å². The lowest BCUT2D eigenvalue weighted by Crippen LogP contribution is -2.38. The summed E-state index contributed by atoms with van der Waals surface area (Å²) in [6.07, 6.45) is 2.46. The summed E-state index contributed by atoms with van der Waals surface area (Å²) in [6, 6.07) is 3.48. The molecule has 1 heterocycles. The maximum absolute atomic E-state index is 9.19. The molecular weight excluding hydrogens is 178 g/mol. The van der Waals surface area contributed by atoms with Crippen molar-refractivity contribution in [3.05, 3.63) is 18.3 Å². The van der Waals surface area contributed by atoms with Gasteiger partial charge in [-0.1, -0.05) is 6.92 Å². The zero-order chi connectivity index (χ0) is 10.6. The highest BCUT2D eigenvalue weighted by Crippen LogP contribution is 2.17. The predicted octanol–water partition coefficient (Wildman–Crippen LogP) is 1.24. The van der Waals surface area contributed by atoms with E-state index in [1.165, 1.54) is 0 Å². The van der Waals surface area contributed by atoms with Crippen LogP contribution in [0, 0.1) is 0 Å². The van der Waals surface area contributed by atoms with Crippen LogP contribution < -0.4 is 11.1 Å². The lowest BCUT2D eigenvalue weighted by atomic mass is 10.0. The summed E-state index contributed by atoms with van der Waals surface area (Å²) >= 11 is 0. The van der Waals surface area contributed by atoms with Gasteiger partial charge >= 0.3 is 0 Å². The molecule has 1 rings (SSSR count). The van der Waals surface area contributed by atoms with E-state index in [0.29, 0.717) is 11.5 Å². The summed E-state index contributed by atoms with van der Waals surface area (Å²) in [7, 11) is 0. The van der Waals surface area contributed by atoms with Gasteiger partial charge in [-0.3, -0.25) is 0 Å². The number of aliphatic hydroxyl groups is 1. The van der Waals surface area contributed by atoms with Crippen LogP contribution >= 0.6 is 0 Å². The van der Waals surface area contributed by atoms with Crippen molar-refractivity contribution in [2.24, 2.45) is 0 Å². The number of pyridine rings is 1. The molecule has 0 bridgehead atoms. The molecule has 0 aromatic carbocycles. The van der Waals surface area contributed by atoms with Crippen LogP contribution in [0.15, 0.2) is 18.3 Å². The van der Waals surface area contributed by atoms with Gasteiger partial charge in [0.05, 0.1) is 12.1 Å². The van der Waals surface area contributed by atoms with Crippen molar-refractivity contribution in [1.29, 1.82) is 0 Å². The first kappa shape index (κ1) is 10.8. The molecule has 0 saturated carbocycles. The second-order valence-corrected chi connectivity index (χ2v) is 3.67. The van der Waals surface area contributed by atoms with Crippen LogP contribution in [0.3, 0.4) is 0 Å². The second-order valence-electron chi connectivity index (χ2n) is 3.67. The predicted molar refractivity (Wildman–Crippen MR) is 58.1 cm³/mol. The molecule has 0 saturated heterocycles. The van der Waals surface area contributed by atoms with Gasteiger partial charge in [0.25, 0.3) is 0 Å². The smallest absolute Gasteiger partial charge is 0.128 e. The third-order valence-corrected chi connectivity index (χ3v) is 2.34. The van der Waals surface area contributed by atoms with E-state index in [-0.39, 0.29) is 12.1 Å². The highest BCUT2D eigenvalue weighted by Gasteiger charge is 2.20. The van der Waals surface area contributed by atoms with Crippen LogP contribution in [0.5, 0.6) is 0 Å². The van der Waals surface area contributed by atoms with E-state index in [9.17, 15) is 5.11 Å². The molecule has 0 fully saturated rings. The Morgan fingerprint density at radius 2 is 2.36 bits per heavy atom. The second kappa shape index (κ2) is 4.28. The molecule has 14 heavy (non-hydrogen) atoms. The van der Waals surface area contributed by atoms with Gasteiger partial charge in [-0.25, -0.2) is 4.98 Å². The summed E-state index contributed by atoms with van der Waals surface area (Å²) in [5, 5.41) is 12.3. The quantitative estimate of drug-likeness (QED) is 0.676. The number of hydrogen-bond acceptors (Lipinski definition) is 4. The van der Waals surface area contributed by atoms with Gasteiger partial charge in [-0.15, -0.1) is 0 Å². The van der Waals surface area contributed by atoms with Crippen molar-refractivity contribution in [3.63, 3.8) is 0 Å². The van der Waals surface area contributed by atoms with Gasteiger partial charge in [0.1, 0.15) is 5.82 Å². The summed E-state index contributed by atoms with van der Waals surface area (Å²) in [5.41, 5.74) is 5.95. The maximum Gasteiger partial charge on any atom is 0.128 e. The Kier molecular flexibility index (Phi) is 3.30. The lowest BCUT2D eigenvalue weighted by molar-refractivity contribution is 0.218. The minimum atomic E-state index is -0.333. The van der Waals surface area contributed by atoms with Crippen LogP contribution in [0.1, 0.15) is 20.3 Å². The number of hydrogen-bond donors (Lipinski definition) is 3. The van der Waals surface area contributed by atoms with Crippen LogP contribution in [0.4, 0.5) is 11.5 Å². The van der Waals surface area contributed by atoms with Gasteiger partial charge in [0.2, 0.25) is 0 Å². The van der Waals surface area contributed by atoms with Crippen LogP contribution in [-0.2, 0) is 0 Å². The molecule has 4 heteroatoms. The number of anilines is 2. The number of aliphatic hydroxyl groups excluding tert-OH is 1. The molecule has 4 N–H and O–H groups in total. The number of nitrogens with zero attached hydrogens (tertiary/aromatic N) is 1. The number of nitrogens with one attached hydrogen (secondary N) is 1. The molecule has 0 spiro atoms. The zero-order valence-corrected chi connectivity index (χ0v) is 8.62. The minimum Gasteiger partial charge on any atom is -0.399 e. The van der Waals surface area contributed by atoms with E-state index < -0.39 is 0 Å². The van der Waals surface area contributed by atoms with E-state index in [0.717, 1.165) is 6.42 Å². The highest BCUT2D eigenvalue weighted by molar-refractivity contribution is 5.49. The van der Waals surface area contributed by atoms with Crippen molar-refractivity contribution in [2.45, 2.75) is 25.8 Å². The molecule has 0 aliphatic rings. The first-order chi connectivity index (χ1) is 6.59. The fourth-order valence-electron chi connectivity index (χ4n) is 1.06. The molecule has 0 amide bonds. The fourth-order valence-corrected chi connectivity index (χ4v) is 1.06. The molecule has 0 aliphatic carbocycles. The third kappa shape index (κ3) is 2.60. The highest BCUT2D eigenvalue weighted by atomic mass is 16.3. The van der Waals surface area contributed by atoms with Gasteiger partial charge < -0.3 is 16.2 Å².